The van der Waals surface area contributed by atoms with Crippen molar-refractivity contribution >= 4 is 27.5 Å². The molecule has 0 unspecified atom stereocenters. The van der Waals surface area contributed by atoms with Gasteiger partial charge < -0.3 is 0 Å². The number of sulfonamides is 1. The highest BCUT2D eigenvalue weighted by molar-refractivity contribution is 7.89. The van der Waals surface area contributed by atoms with Crippen LogP contribution in [-0.2, 0) is 19.6 Å². The van der Waals surface area contributed by atoms with Crippen molar-refractivity contribution in [1.29, 1.82) is 0 Å². The van der Waals surface area contributed by atoms with E-state index >= 15 is 0 Å². The van der Waals surface area contributed by atoms with Gasteiger partial charge in [-0.3, -0.25) is 14.5 Å². The van der Waals surface area contributed by atoms with Gasteiger partial charge in [0, 0.05) is 26.2 Å². The molecule has 2 fully saturated rings. The number of carbonyl (C=O) groups is 2. The number of piperazine rings is 1. The monoisotopic (exact) mass is 399 g/mol. The second-order valence-corrected chi connectivity index (χ2v) is 8.81. The molecule has 8 heteroatoms. The SMILES string of the molecule is O=C1C[C@H](N2CCN(S(=O)(=O)c3ccccc3)CC2)C(=O)N1c1ccccc1. The first kappa shape index (κ1) is 18.8. The largest absolute Gasteiger partial charge is 0.289 e. The number of imide groups is 1. The molecule has 2 heterocycles. The molecule has 0 N–H and O–H groups in total. The zero-order chi connectivity index (χ0) is 19.7. The molecule has 146 valence electrons. The Hall–Kier alpha value is -2.55. The number of anilines is 1. The standard InChI is InChI=1S/C20H21N3O4S/c24-19-15-18(20(25)23(19)16-7-3-1-4-8-16)21-11-13-22(14-12-21)28(26,27)17-9-5-2-6-10-17/h1-10,18H,11-15H2/t18-/m0/s1. The van der Waals surface area contributed by atoms with Gasteiger partial charge in [0.25, 0.3) is 5.91 Å². The molecule has 0 bridgehead atoms. The average Bonchev–Trinajstić information content (AvgIpc) is 3.03. The van der Waals surface area contributed by atoms with Crippen LogP contribution in [0.5, 0.6) is 0 Å². The van der Waals surface area contributed by atoms with Crippen molar-refractivity contribution in [3.63, 3.8) is 0 Å². The molecule has 0 spiro atoms. The predicted octanol–water partition coefficient (Wildman–Crippen LogP) is 1.32. The summed E-state index contributed by atoms with van der Waals surface area (Å²) >= 11 is 0. The number of rotatable bonds is 4. The molecule has 0 saturated carbocycles. The maximum Gasteiger partial charge on any atom is 0.251 e. The first-order chi connectivity index (χ1) is 13.5. The second kappa shape index (κ2) is 7.46. The average molecular weight is 399 g/mol. The lowest BCUT2D eigenvalue weighted by molar-refractivity contribution is -0.123. The predicted molar refractivity (Wildman–Crippen MR) is 104 cm³/mol. The molecular formula is C20H21N3O4S. The zero-order valence-electron chi connectivity index (χ0n) is 15.3. The minimum absolute atomic E-state index is 0.124. The molecule has 2 saturated heterocycles. The van der Waals surface area contributed by atoms with E-state index in [9.17, 15) is 18.0 Å². The first-order valence-electron chi connectivity index (χ1n) is 9.19. The second-order valence-electron chi connectivity index (χ2n) is 6.88. The van der Waals surface area contributed by atoms with E-state index in [1.807, 2.05) is 11.0 Å². The van der Waals surface area contributed by atoms with Crippen molar-refractivity contribution in [2.75, 3.05) is 31.1 Å². The Morgan fingerprint density at radius 1 is 0.786 bits per heavy atom. The van der Waals surface area contributed by atoms with Crippen molar-refractivity contribution in [2.45, 2.75) is 17.4 Å². The summed E-state index contributed by atoms with van der Waals surface area (Å²) in [5.41, 5.74) is 0.574. The third-order valence-electron chi connectivity index (χ3n) is 5.23. The van der Waals surface area contributed by atoms with E-state index in [0.29, 0.717) is 31.9 Å². The third-order valence-corrected chi connectivity index (χ3v) is 7.15. The molecule has 0 radical (unpaired) electrons. The Bertz CT molecular complexity index is 971. The van der Waals surface area contributed by atoms with Crippen LogP contribution in [0.1, 0.15) is 6.42 Å². The third kappa shape index (κ3) is 3.34. The quantitative estimate of drug-likeness (QED) is 0.725. The van der Waals surface area contributed by atoms with Crippen LogP contribution in [0.2, 0.25) is 0 Å². The molecule has 2 aromatic rings. The highest BCUT2D eigenvalue weighted by atomic mass is 32.2. The van der Waals surface area contributed by atoms with Gasteiger partial charge in [-0.1, -0.05) is 36.4 Å². The van der Waals surface area contributed by atoms with Gasteiger partial charge in [-0.2, -0.15) is 4.31 Å². The van der Waals surface area contributed by atoms with E-state index < -0.39 is 16.1 Å². The van der Waals surface area contributed by atoms with Gasteiger partial charge in [-0.15, -0.1) is 0 Å². The molecule has 2 aliphatic heterocycles. The zero-order valence-corrected chi connectivity index (χ0v) is 16.1. The van der Waals surface area contributed by atoms with Gasteiger partial charge in [-0.05, 0) is 24.3 Å². The summed E-state index contributed by atoms with van der Waals surface area (Å²) in [6, 6.07) is 16.7. The van der Waals surface area contributed by atoms with E-state index in [0.717, 1.165) is 0 Å². The number of nitrogens with zero attached hydrogens (tertiary/aromatic N) is 3. The molecule has 1 atom stereocenters. The van der Waals surface area contributed by atoms with Crippen LogP contribution in [-0.4, -0.2) is 61.7 Å². The molecule has 2 amide bonds. The van der Waals surface area contributed by atoms with Crippen LogP contribution in [0, 0.1) is 0 Å². The van der Waals surface area contributed by atoms with Crippen molar-refractivity contribution in [3.05, 3.63) is 60.7 Å². The molecule has 2 aromatic carbocycles. The van der Waals surface area contributed by atoms with Gasteiger partial charge in [0.2, 0.25) is 15.9 Å². The van der Waals surface area contributed by atoms with E-state index in [2.05, 4.69) is 0 Å². The summed E-state index contributed by atoms with van der Waals surface area (Å²) < 4.78 is 26.9. The fourth-order valence-electron chi connectivity index (χ4n) is 3.75. The maximum absolute atomic E-state index is 12.8. The van der Waals surface area contributed by atoms with Crippen LogP contribution in [0.25, 0.3) is 0 Å². The summed E-state index contributed by atoms with van der Waals surface area (Å²) in [7, 11) is -3.54. The van der Waals surface area contributed by atoms with E-state index in [4.69, 9.17) is 0 Å². The van der Waals surface area contributed by atoms with Crippen LogP contribution in [0.15, 0.2) is 65.6 Å². The van der Waals surface area contributed by atoms with Crippen LogP contribution in [0.3, 0.4) is 0 Å². The first-order valence-corrected chi connectivity index (χ1v) is 10.6. The molecule has 2 aliphatic rings. The summed E-state index contributed by atoms with van der Waals surface area (Å²) in [4.78, 5) is 28.7. The van der Waals surface area contributed by atoms with Crippen molar-refractivity contribution in [2.24, 2.45) is 0 Å². The molecule has 4 rings (SSSR count). The minimum atomic E-state index is -3.54. The fraction of sp³-hybridized carbons (Fsp3) is 0.300. The fourth-order valence-corrected chi connectivity index (χ4v) is 5.19. The van der Waals surface area contributed by atoms with Crippen LogP contribution < -0.4 is 4.90 Å². The highest BCUT2D eigenvalue weighted by Gasteiger charge is 2.44. The highest BCUT2D eigenvalue weighted by Crippen LogP contribution is 2.27. The molecular weight excluding hydrogens is 378 g/mol. The van der Waals surface area contributed by atoms with Crippen LogP contribution >= 0.6 is 0 Å². The smallest absolute Gasteiger partial charge is 0.251 e. The lowest BCUT2D eigenvalue weighted by atomic mass is 10.2. The summed E-state index contributed by atoms with van der Waals surface area (Å²) in [6.45, 7) is 1.41. The Morgan fingerprint density at radius 3 is 1.96 bits per heavy atom. The van der Waals surface area contributed by atoms with E-state index in [1.165, 1.54) is 9.21 Å². The van der Waals surface area contributed by atoms with Gasteiger partial charge in [0.05, 0.1) is 23.0 Å². The van der Waals surface area contributed by atoms with Crippen LogP contribution in [0.4, 0.5) is 5.69 Å². The number of amides is 2. The molecule has 0 aromatic heterocycles. The van der Waals surface area contributed by atoms with Crippen molar-refractivity contribution < 1.29 is 18.0 Å². The number of benzene rings is 2. The normalized spacial score (nSPS) is 22.0. The maximum atomic E-state index is 12.8. The number of carbonyl (C=O) groups excluding carboxylic acids is 2. The Balaban J connectivity index is 1.45. The molecule has 0 aliphatic carbocycles. The summed E-state index contributed by atoms with van der Waals surface area (Å²) in [5, 5.41) is 0. The van der Waals surface area contributed by atoms with Gasteiger partial charge in [-0.25, -0.2) is 13.3 Å². The molecule has 7 nitrogen and oxygen atoms in total. The lowest BCUT2D eigenvalue weighted by Gasteiger charge is -2.36. The Labute approximate surface area is 164 Å². The lowest BCUT2D eigenvalue weighted by Crippen LogP contribution is -2.53. The van der Waals surface area contributed by atoms with Gasteiger partial charge in [0.1, 0.15) is 0 Å². The minimum Gasteiger partial charge on any atom is -0.289 e. The number of hydrogen-bond acceptors (Lipinski definition) is 5. The van der Waals surface area contributed by atoms with Crippen molar-refractivity contribution in [3.8, 4) is 0 Å². The summed E-state index contributed by atoms with van der Waals surface area (Å²) in [6.07, 6.45) is 0.124. The summed E-state index contributed by atoms with van der Waals surface area (Å²) in [5.74, 6) is -0.462. The molecule has 28 heavy (non-hydrogen) atoms. The number of hydrogen-bond donors (Lipinski definition) is 0. The Morgan fingerprint density at radius 2 is 1.36 bits per heavy atom. The van der Waals surface area contributed by atoms with Crippen molar-refractivity contribution in [1.82, 2.24) is 9.21 Å². The topological polar surface area (TPSA) is 78.0 Å². The Kier molecular flexibility index (Phi) is 5.01. The van der Waals surface area contributed by atoms with Gasteiger partial charge >= 0.3 is 0 Å². The van der Waals surface area contributed by atoms with E-state index in [-0.39, 0.29) is 23.1 Å². The number of para-hydroxylation sites is 1. The van der Waals surface area contributed by atoms with Gasteiger partial charge in [0.15, 0.2) is 0 Å². The van der Waals surface area contributed by atoms with E-state index in [1.54, 1.807) is 54.6 Å².